The first kappa shape index (κ1) is 14.9. The van der Waals surface area contributed by atoms with Crippen molar-refractivity contribution in [2.75, 3.05) is 0 Å². The van der Waals surface area contributed by atoms with Gasteiger partial charge in [0.2, 0.25) is 0 Å². The van der Waals surface area contributed by atoms with E-state index < -0.39 is 0 Å². The van der Waals surface area contributed by atoms with E-state index in [-0.39, 0.29) is 0 Å². The molecule has 0 amide bonds. The minimum absolute atomic E-state index is 0.975. The summed E-state index contributed by atoms with van der Waals surface area (Å²) in [5.74, 6) is 1.13. The molecule has 1 aliphatic heterocycles. The molecule has 0 aromatic rings. The third kappa shape index (κ3) is 5.66. The van der Waals surface area contributed by atoms with E-state index in [1.807, 2.05) is 0 Å². The van der Waals surface area contributed by atoms with E-state index in [4.69, 9.17) is 0 Å². The molecule has 2 fully saturated rings. The van der Waals surface area contributed by atoms with Crippen LogP contribution in [0.3, 0.4) is 0 Å². The van der Waals surface area contributed by atoms with E-state index in [2.05, 4.69) is 0 Å². The van der Waals surface area contributed by atoms with Crippen LogP contribution < -0.4 is 0 Å². The molecule has 106 valence electrons. The normalized spacial score (nSPS) is 30.3. The van der Waals surface area contributed by atoms with Gasteiger partial charge in [0.25, 0.3) is 0 Å². The number of hydrogen-bond donors (Lipinski definition) is 0. The van der Waals surface area contributed by atoms with Gasteiger partial charge in [-0.15, -0.1) is 0 Å². The van der Waals surface area contributed by atoms with Gasteiger partial charge in [-0.3, -0.25) is 0 Å². The van der Waals surface area contributed by atoms with E-state index in [9.17, 15) is 0 Å². The van der Waals surface area contributed by atoms with Gasteiger partial charge in [0.15, 0.2) is 0 Å². The molecule has 0 aromatic carbocycles. The zero-order valence-electron chi connectivity index (χ0n) is 12.2. The fourth-order valence-electron chi connectivity index (χ4n) is 3.70. The average Bonchev–Trinajstić information content (AvgIpc) is 2.61. The molecule has 0 radical (unpaired) electrons. The Morgan fingerprint density at radius 3 is 1.67 bits per heavy atom. The minimum atomic E-state index is 0.975. The van der Waals surface area contributed by atoms with Crippen LogP contribution in [-0.4, -0.2) is 15.0 Å². The molecule has 1 saturated heterocycles. The van der Waals surface area contributed by atoms with Crippen molar-refractivity contribution in [3.05, 3.63) is 0 Å². The molecule has 0 N–H and O–H groups in total. The quantitative estimate of drug-likeness (QED) is 0.520. The van der Waals surface area contributed by atoms with E-state index in [1.165, 1.54) is 57.8 Å². The Balaban J connectivity index is 1.83. The van der Waals surface area contributed by atoms with Crippen molar-refractivity contribution in [2.45, 2.75) is 100 Å². The maximum atomic E-state index is 1.59. The van der Waals surface area contributed by atoms with Crippen LogP contribution in [-0.2, 0) is 0 Å². The SMILES string of the molecule is C1CCCCC(C2CCCCCCC[Se]2)CCC1. The van der Waals surface area contributed by atoms with Gasteiger partial charge in [-0.1, -0.05) is 0 Å². The van der Waals surface area contributed by atoms with Crippen LogP contribution in [0.2, 0.25) is 10.1 Å². The van der Waals surface area contributed by atoms with Gasteiger partial charge < -0.3 is 0 Å². The van der Waals surface area contributed by atoms with Gasteiger partial charge >= 0.3 is 121 Å². The second-order valence-electron chi connectivity index (χ2n) is 6.42. The summed E-state index contributed by atoms with van der Waals surface area (Å²) in [4.78, 5) is 1.16. The zero-order valence-corrected chi connectivity index (χ0v) is 13.9. The Kier molecular flexibility index (Phi) is 7.81. The van der Waals surface area contributed by atoms with Crippen LogP contribution in [0.5, 0.6) is 0 Å². The molecule has 1 unspecified atom stereocenters. The third-order valence-electron chi connectivity index (χ3n) is 4.89. The Hall–Kier alpha value is 0.519. The van der Waals surface area contributed by atoms with Crippen molar-refractivity contribution in [3.8, 4) is 0 Å². The summed E-state index contributed by atoms with van der Waals surface area (Å²) in [6.07, 6.45) is 21.6. The van der Waals surface area contributed by atoms with E-state index in [0.29, 0.717) is 0 Å². The molecule has 0 nitrogen and oxygen atoms in total. The van der Waals surface area contributed by atoms with Crippen LogP contribution in [0.1, 0.15) is 89.9 Å². The summed E-state index contributed by atoms with van der Waals surface area (Å²) in [6, 6.07) is 0. The van der Waals surface area contributed by atoms with Gasteiger partial charge in [0, 0.05) is 0 Å². The number of hydrogen-bond acceptors (Lipinski definition) is 0. The molecule has 2 aliphatic rings. The van der Waals surface area contributed by atoms with Crippen LogP contribution in [0.4, 0.5) is 0 Å². The molecule has 1 saturated carbocycles. The van der Waals surface area contributed by atoms with Gasteiger partial charge in [0.05, 0.1) is 0 Å². The van der Waals surface area contributed by atoms with Crippen LogP contribution in [0, 0.1) is 5.92 Å². The summed E-state index contributed by atoms with van der Waals surface area (Å²) in [7, 11) is 0. The second kappa shape index (κ2) is 9.43. The molecule has 0 bridgehead atoms. The fraction of sp³-hybridized carbons (Fsp3) is 1.00. The van der Waals surface area contributed by atoms with Crippen molar-refractivity contribution in [2.24, 2.45) is 5.92 Å². The average molecular weight is 315 g/mol. The molecule has 0 aromatic heterocycles. The predicted octanol–water partition coefficient (Wildman–Crippen LogP) is 6.00. The maximum absolute atomic E-state index is 1.59. The summed E-state index contributed by atoms with van der Waals surface area (Å²) in [6.45, 7) is 0. The standard InChI is InChI=1S/C17H32Se/c1-2-5-9-13-16(12-8-4-1)17-14-10-6-3-7-11-15-18-17/h16-17H,1-15H2. The second-order valence-corrected chi connectivity index (χ2v) is 9.25. The van der Waals surface area contributed by atoms with Gasteiger partial charge in [-0.2, -0.15) is 0 Å². The molecule has 1 heteroatoms. The van der Waals surface area contributed by atoms with Gasteiger partial charge in [0.1, 0.15) is 0 Å². The Bertz CT molecular complexity index is 160. The Labute approximate surface area is 121 Å². The van der Waals surface area contributed by atoms with E-state index >= 15 is 0 Å². The van der Waals surface area contributed by atoms with E-state index in [1.54, 1.807) is 37.4 Å². The summed E-state index contributed by atoms with van der Waals surface area (Å²) >= 11 is 0.975. The van der Waals surface area contributed by atoms with Crippen molar-refractivity contribution in [1.82, 2.24) is 0 Å². The number of rotatable bonds is 1. The van der Waals surface area contributed by atoms with Gasteiger partial charge in [-0.25, -0.2) is 0 Å². The van der Waals surface area contributed by atoms with Crippen LogP contribution in [0.25, 0.3) is 0 Å². The fourth-order valence-corrected chi connectivity index (χ4v) is 6.96. The first-order valence-electron chi connectivity index (χ1n) is 8.58. The molecular formula is C17H32Se. The third-order valence-corrected chi connectivity index (χ3v) is 8.19. The van der Waals surface area contributed by atoms with Gasteiger partial charge in [-0.05, 0) is 0 Å². The molecule has 1 heterocycles. The first-order chi connectivity index (χ1) is 8.97. The summed E-state index contributed by atoms with van der Waals surface area (Å²) < 4.78 is 0. The van der Waals surface area contributed by atoms with Crippen LogP contribution >= 0.6 is 0 Å². The Morgan fingerprint density at radius 2 is 1.00 bits per heavy atom. The summed E-state index contributed by atoms with van der Waals surface area (Å²) in [5.41, 5.74) is 0. The molecule has 1 aliphatic carbocycles. The molecule has 2 rings (SSSR count). The topological polar surface area (TPSA) is 0 Å². The predicted molar refractivity (Wildman–Crippen MR) is 82.4 cm³/mol. The molecule has 0 spiro atoms. The molecule has 18 heavy (non-hydrogen) atoms. The van der Waals surface area contributed by atoms with Crippen molar-refractivity contribution in [1.29, 1.82) is 0 Å². The van der Waals surface area contributed by atoms with E-state index in [0.717, 1.165) is 25.7 Å². The zero-order chi connectivity index (χ0) is 12.5. The van der Waals surface area contributed by atoms with Crippen LogP contribution in [0.15, 0.2) is 0 Å². The van der Waals surface area contributed by atoms with Crippen molar-refractivity contribution in [3.63, 3.8) is 0 Å². The van der Waals surface area contributed by atoms with Crippen molar-refractivity contribution >= 4 is 15.0 Å². The Morgan fingerprint density at radius 1 is 0.500 bits per heavy atom. The van der Waals surface area contributed by atoms with Crippen molar-refractivity contribution < 1.29 is 0 Å². The molecular weight excluding hydrogens is 283 g/mol. The molecule has 1 atom stereocenters. The monoisotopic (exact) mass is 316 g/mol. The summed E-state index contributed by atoms with van der Waals surface area (Å²) in [5, 5.41) is 1.59. The first-order valence-corrected chi connectivity index (χ1v) is 10.8.